The van der Waals surface area contributed by atoms with Crippen molar-refractivity contribution in [3.8, 4) is 0 Å². The van der Waals surface area contributed by atoms with E-state index in [-0.39, 0.29) is 5.78 Å². The van der Waals surface area contributed by atoms with Gasteiger partial charge in [0.2, 0.25) is 0 Å². The highest BCUT2D eigenvalue weighted by molar-refractivity contribution is 5.87. The number of Topliss-reactive ketones (excluding diaryl/α,β-unsaturated/α-hetero) is 1. The first-order valence-corrected chi connectivity index (χ1v) is 5.96. The number of ketones is 1. The van der Waals surface area contributed by atoms with Crippen LogP contribution in [0.2, 0.25) is 0 Å². The van der Waals surface area contributed by atoms with E-state index in [1.54, 1.807) is 0 Å². The van der Waals surface area contributed by atoms with Crippen LogP contribution in [0.1, 0.15) is 57.8 Å². The molecule has 0 amide bonds. The van der Waals surface area contributed by atoms with Crippen molar-refractivity contribution >= 4 is 5.78 Å². The number of rotatable bonds is 3. The summed E-state index contributed by atoms with van der Waals surface area (Å²) in [6.45, 7) is 0. The third-order valence-corrected chi connectivity index (χ3v) is 3.90. The summed E-state index contributed by atoms with van der Waals surface area (Å²) in [6, 6.07) is 0. The Balaban J connectivity index is 1.87. The lowest BCUT2D eigenvalue weighted by Crippen LogP contribution is -2.41. The molecular weight excluding hydrogens is 176 g/mol. The minimum atomic E-state index is -0.937. The lowest BCUT2D eigenvalue weighted by atomic mass is 9.75. The van der Waals surface area contributed by atoms with Crippen LogP contribution in [0.3, 0.4) is 0 Å². The van der Waals surface area contributed by atoms with Gasteiger partial charge < -0.3 is 5.11 Å². The molecule has 0 saturated heterocycles. The van der Waals surface area contributed by atoms with Gasteiger partial charge in [0.25, 0.3) is 0 Å². The van der Waals surface area contributed by atoms with Crippen LogP contribution in [-0.4, -0.2) is 16.5 Å². The first kappa shape index (κ1) is 10.2. The van der Waals surface area contributed by atoms with Crippen molar-refractivity contribution < 1.29 is 9.90 Å². The molecule has 2 nitrogen and oxygen atoms in total. The highest BCUT2D eigenvalue weighted by Gasteiger charge is 2.38. The van der Waals surface area contributed by atoms with Crippen molar-refractivity contribution in [3.63, 3.8) is 0 Å². The van der Waals surface area contributed by atoms with Gasteiger partial charge >= 0.3 is 0 Å². The lowest BCUT2D eigenvalue weighted by Gasteiger charge is -2.33. The van der Waals surface area contributed by atoms with Crippen LogP contribution in [-0.2, 0) is 4.79 Å². The van der Waals surface area contributed by atoms with Crippen LogP contribution >= 0.6 is 0 Å². The molecule has 0 aliphatic heterocycles. The summed E-state index contributed by atoms with van der Waals surface area (Å²) in [4.78, 5) is 11.9. The van der Waals surface area contributed by atoms with Crippen molar-refractivity contribution in [2.75, 3.05) is 0 Å². The van der Waals surface area contributed by atoms with Gasteiger partial charge in [0.15, 0.2) is 5.78 Å². The van der Waals surface area contributed by atoms with Crippen LogP contribution in [0, 0.1) is 5.92 Å². The Bertz CT molecular complexity index is 212. The maximum absolute atomic E-state index is 11.9. The quantitative estimate of drug-likeness (QED) is 0.752. The van der Waals surface area contributed by atoms with E-state index in [1.807, 2.05) is 0 Å². The Labute approximate surface area is 85.7 Å². The van der Waals surface area contributed by atoms with Crippen LogP contribution in [0.15, 0.2) is 0 Å². The number of aliphatic hydroxyl groups is 1. The second-order valence-corrected chi connectivity index (χ2v) is 5.02. The van der Waals surface area contributed by atoms with Crippen molar-refractivity contribution in [1.82, 2.24) is 0 Å². The molecule has 2 saturated carbocycles. The Morgan fingerprint density at radius 3 is 2.29 bits per heavy atom. The van der Waals surface area contributed by atoms with E-state index in [0.717, 1.165) is 12.8 Å². The molecule has 0 radical (unpaired) electrons. The fourth-order valence-corrected chi connectivity index (χ4v) is 2.56. The van der Waals surface area contributed by atoms with Gasteiger partial charge in [-0.25, -0.2) is 0 Å². The molecular formula is C12H20O2. The van der Waals surface area contributed by atoms with Gasteiger partial charge in [-0.3, -0.25) is 4.79 Å². The van der Waals surface area contributed by atoms with Crippen molar-refractivity contribution in [2.45, 2.75) is 63.4 Å². The van der Waals surface area contributed by atoms with E-state index in [9.17, 15) is 9.90 Å². The molecule has 0 spiro atoms. The van der Waals surface area contributed by atoms with Gasteiger partial charge in [0.1, 0.15) is 5.60 Å². The van der Waals surface area contributed by atoms with Crippen molar-refractivity contribution in [3.05, 3.63) is 0 Å². The zero-order chi connectivity index (χ0) is 10.0. The second kappa shape index (κ2) is 4.01. The predicted molar refractivity (Wildman–Crippen MR) is 55.0 cm³/mol. The molecule has 2 aliphatic rings. The summed E-state index contributed by atoms with van der Waals surface area (Å²) in [5.74, 6) is 0.718. The monoisotopic (exact) mass is 196 g/mol. The van der Waals surface area contributed by atoms with E-state index in [2.05, 4.69) is 0 Å². The molecule has 2 aliphatic carbocycles. The molecule has 0 heterocycles. The molecule has 2 fully saturated rings. The van der Waals surface area contributed by atoms with Gasteiger partial charge in [0.05, 0.1) is 0 Å². The first-order chi connectivity index (χ1) is 6.71. The number of hydrogen-bond acceptors (Lipinski definition) is 2. The summed E-state index contributed by atoms with van der Waals surface area (Å²) < 4.78 is 0. The third kappa shape index (κ3) is 2.00. The molecule has 1 N–H and O–H groups in total. The standard InChI is InChI=1S/C12H20O2/c13-11(9-10-5-4-6-10)12(14)7-2-1-3-8-12/h10,14H,1-9H2. The van der Waals surface area contributed by atoms with Gasteiger partial charge in [-0.2, -0.15) is 0 Å². The molecule has 14 heavy (non-hydrogen) atoms. The highest BCUT2D eigenvalue weighted by atomic mass is 16.3. The molecule has 2 heteroatoms. The first-order valence-electron chi connectivity index (χ1n) is 5.96. The fraction of sp³-hybridized carbons (Fsp3) is 0.917. The van der Waals surface area contributed by atoms with Crippen molar-refractivity contribution in [2.24, 2.45) is 5.92 Å². The molecule has 0 aromatic heterocycles. The largest absolute Gasteiger partial charge is 0.382 e. The highest BCUT2D eigenvalue weighted by Crippen LogP contribution is 2.35. The van der Waals surface area contributed by atoms with E-state index in [1.165, 1.54) is 25.7 Å². The lowest BCUT2D eigenvalue weighted by molar-refractivity contribution is -0.142. The van der Waals surface area contributed by atoms with Crippen molar-refractivity contribution in [1.29, 1.82) is 0 Å². The van der Waals surface area contributed by atoms with Gasteiger partial charge in [-0.05, 0) is 18.8 Å². The topological polar surface area (TPSA) is 37.3 Å². The summed E-state index contributed by atoms with van der Waals surface area (Å²) >= 11 is 0. The maximum atomic E-state index is 11.9. The average molecular weight is 196 g/mol. The fourth-order valence-electron chi connectivity index (χ4n) is 2.56. The average Bonchev–Trinajstić information content (AvgIpc) is 2.12. The van der Waals surface area contributed by atoms with Gasteiger partial charge in [-0.15, -0.1) is 0 Å². The second-order valence-electron chi connectivity index (χ2n) is 5.02. The Morgan fingerprint density at radius 2 is 1.79 bits per heavy atom. The minimum absolute atomic E-state index is 0.127. The van der Waals surface area contributed by atoms with E-state index in [4.69, 9.17) is 0 Å². The zero-order valence-electron chi connectivity index (χ0n) is 8.80. The van der Waals surface area contributed by atoms with E-state index < -0.39 is 5.60 Å². The molecule has 0 aromatic rings. The SMILES string of the molecule is O=C(CC1CCC1)C1(O)CCCCC1. The van der Waals surface area contributed by atoms with E-state index in [0.29, 0.717) is 25.2 Å². The smallest absolute Gasteiger partial charge is 0.164 e. The minimum Gasteiger partial charge on any atom is -0.382 e. The molecule has 0 unspecified atom stereocenters. The number of carbonyl (C=O) groups is 1. The van der Waals surface area contributed by atoms with Gasteiger partial charge in [0, 0.05) is 6.42 Å². The summed E-state index contributed by atoms with van der Waals surface area (Å²) in [5.41, 5.74) is -0.937. The zero-order valence-corrected chi connectivity index (χ0v) is 8.80. The molecule has 0 atom stereocenters. The number of hydrogen-bond donors (Lipinski definition) is 1. The third-order valence-electron chi connectivity index (χ3n) is 3.90. The summed E-state index contributed by atoms with van der Waals surface area (Å²) in [7, 11) is 0. The summed E-state index contributed by atoms with van der Waals surface area (Å²) in [6.07, 6.45) is 8.94. The van der Waals surface area contributed by atoms with Crippen LogP contribution in [0.4, 0.5) is 0 Å². The normalized spacial score (nSPS) is 26.9. The molecule has 80 valence electrons. The molecule has 0 bridgehead atoms. The maximum Gasteiger partial charge on any atom is 0.164 e. The molecule has 2 rings (SSSR count). The predicted octanol–water partition coefficient (Wildman–Crippen LogP) is 2.44. The Morgan fingerprint density at radius 1 is 1.14 bits per heavy atom. The van der Waals surface area contributed by atoms with E-state index >= 15 is 0 Å². The number of carbonyl (C=O) groups excluding carboxylic acids is 1. The van der Waals surface area contributed by atoms with Crippen LogP contribution in [0.25, 0.3) is 0 Å². The van der Waals surface area contributed by atoms with Gasteiger partial charge in [-0.1, -0.05) is 38.5 Å². The summed E-state index contributed by atoms with van der Waals surface area (Å²) in [5, 5.41) is 10.2. The molecule has 0 aromatic carbocycles. The Hall–Kier alpha value is -0.370. The van der Waals surface area contributed by atoms with Crippen LogP contribution < -0.4 is 0 Å². The van der Waals surface area contributed by atoms with Crippen LogP contribution in [0.5, 0.6) is 0 Å². The Kier molecular flexibility index (Phi) is 2.91.